The molecule has 0 bridgehead atoms. The summed E-state index contributed by atoms with van der Waals surface area (Å²) in [6.45, 7) is 0. The van der Waals surface area contributed by atoms with E-state index in [4.69, 9.17) is 28.6 Å². The summed E-state index contributed by atoms with van der Waals surface area (Å²) >= 11 is 11.3. The van der Waals surface area contributed by atoms with Crippen molar-refractivity contribution in [2.24, 2.45) is 0 Å². The third-order valence-corrected chi connectivity index (χ3v) is 4.26. The Morgan fingerprint density at radius 2 is 1.72 bits per heavy atom. The topological polar surface area (TPSA) is 64.1 Å². The second kappa shape index (κ2) is 6.23. The monoisotopic (exact) mass is 367 g/mol. The Hall–Kier alpha value is -2.83. The molecule has 7 heteroatoms. The first kappa shape index (κ1) is 15.7. The number of esters is 1. The van der Waals surface area contributed by atoms with Gasteiger partial charge in [0, 0.05) is 5.56 Å². The van der Waals surface area contributed by atoms with Gasteiger partial charge in [0.25, 0.3) is 0 Å². The first-order valence-electron chi connectivity index (χ1n) is 7.39. The van der Waals surface area contributed by atoms with Crippen LogP contribution < -0.4 is 5.32 Å². The number of hydrogen-bond donors (Lipinski definition) is 1. The predicted molar refractivity (Wildman–Crippen MR) is 99.3 cm³/mol. The molecule has 25 heavy (non-hydrogen) atoms. The lowest BCUT2D eigenvalue weighted by Crippen LogP contribution is -2.07. The van der Waals surface area contributed by atoms with Gasteiger partial charge in [-0.25, -0.2) is 14.8 Å². The highest BCUT2D eigenvalue weighted by molar-refractivity contribution is 7.80. The van der Waals surface area contributed by atoms with E-state index < -0.39 is 5.97 Å². The van der Waals surface area contributed by atoms with Crippen LogP contribution in [0.4, 0.5) is 11.5 Å². The minimum Gasteiger partial charge on any atom is -0.408 e. The number of benzene rings is 2. The number of hydrogen-bond acceptors (Lipinski definition) is 6. The number of aromatic nitrogens is 2. The lowest BCUT2D eigenvalue weighted by molar-refractivity contribution is 0.0742. The first-order chi connectivity index (χ1) is 12.1. The third kappa shape index (κ3) is 2.86. The van der Waals surface area contributed by atoms with E-state index in [0.29, 0.717) is 28.0 Å². The number of nitrogens with zero attached hydrogens (tertiary/aromatic N) is 2. The lowest BCUT2D eigenvalue weighted by atomic mass is 10.1. The molecule has 2 heterocycles. The zero-order valence-electron chi connectivity index (χ0n) is 12.7. The Bertz CT molecular complexity index is 1010. The Kier molecular flexibility index (Phi) is 3.91. The Balaban J connectivity index is 1.89. The van der Waals surface area contributed by atoms with E-state index in [1.54, 1.807) is 12.1 Å². The van der Waals surface area contributed by atoms with Crippen LogP contribution in [-0.4, -0.2) is 21.0 Å². The maximum atomic E-state index is 12.2. The zero-order chi connectivity index (χ0) is 17.4. The Morgan fingerprint density at radius 3 is 2.48 bits per heavy atom. The average molecular weight is 368 g/mol. The number of halogens is 1. The molecule has 3 aromatic rings. The molecular formula is C18H10ClN3O2S. The van der Waals surface area contributed by atoms with E-state index in [-0.39, 0.29) is 10.6 Å². The van der Waals surface area contributed by atoms with Gasteiger partial charge >= 0.3 is 5.97 Å². The molecule has 122 valence electrons. The molecule has 0 radical (unpaired) electrons. The summed E-state index contributed by atoms with van der Waals surface area (Å²) in [4.78, 5) is 21.1. The molecule has 0 aliphatic carbocycles. The number of cyclic esters (lactones) is 1. The number of thiocarbonyl (C=S) groups is 1. The minimum absolute atomic E-state index is 0.0433. The van der Waals surface area contributed by atoms with Gasteiger partial charge in [-0.2, -0.15) is 0 Å². The van der Waals surface area contributed by atoms with Gasteiger partial charge in [-0.05, 0) is 24.4 Å². The number of anilines is 2. The Labute approximate surface area is 153 Å². The van der Waals surface area contributed by atoms with Crippen molar-refractivity contribution in [3.63, 3.8) is 0 Å². The quantitative estimate of drug-likeness (QED) is 0.547. The molecule has 0 saturated carbocycles. The molecule has 0 fully saturated rings. The largest absolute Gasteiger partial charge is 0.408 e. The van der Waals surface area contributed by atoms with Crippen molar-refractivity contribution in [1.29, 1.82) is 0 Å². The van der Waals surface area contributed by atoms with Crippen LogP contribution in [0.15, 0.2) is 54.6 Å². The normalized spacial score (nSPS) is 12.7. The molecule has 0 unspecified atom stereocenters. The van der Waals surface area contributed by atoms with Gasteiger partial charge in [-0.15, -0.1) is 0 Å². The second-order valence-corrected chi connectivity index (χ2v) is 6.05. The van der Waals surface area contributed by atoms with Crippen molar-refractivity contribution in [2.75, 3.05) is 5.32 Å². The summed E-state index contributed by atoms with van der Waals surface area (Å²) in [5.74, 6) is 0.172. The fraction of sp³-hybridized carbons (Fsp3) is 0. The number of carbonyl (C=O) groups is 1. The van der Waals surface area contributed by atoms with Crippen LogP contribution in [0.25, 0.3) is 11.4 Å². The van der Waals surface area contributed by atoms with E-state index in [1.807, 2.05) is 42.5 Å². The average Bonchev–Trinajstić information content (AvgIpc) is 2.92. The summed E-state index contributed by atoms with van der Waals surface area (Å²) in [6.07, 6.45) is 0. The summed E-state index contributed by atoms with van der Waals surface area (Å²) in [6, 6.07) is 16.6. The zero-order valence-corrected chi connectivity index (χ0v) is 14.3. The van der Waals surface area contributed by atoms with Crippen LogP contribution in [0.5, 0.6) is 0 Å². The van der Waals surface area contributed by atoms with Gasteiger partial charge < -0.3 is 10.1 Å². The highest BCUT2D eigenvalue weighted by atomic mass is 35.5. The van der Waals surface area contributed by atoms with Gasteiger partial charge in [-0.1, -0.05) is 54.1 Å². The maximum Gasteiger partial charge on any atom is 0.350 e. The number of carbonyl (C=O) groups excluding carboxylic acids is 1. The maximum absolute atomic E-state index is 12.2. The number of rotatable bonds is 3. The van der Waals surface area contributed by atoms with Crippen molar-refractivity contribution in [1.82, 2.24) is 9.97 Å². The van der Waals surface area contributed by atoms with Crippen molar-refractivity contribution in [2.45, 2.75) is 0 Å². The van der Waals surface area contributed by atoms with E-state index in [2.05, 4.69) is 15.3 Å². The van der Waals surface area contributed by atoms with Crippen LogP contribution >= 0.6 is 23.8 Å². The van der Waals surface area contributed by atoms with Gasteiger partial charge in [0.2, 0.25) is 5.05 Å². The molecule has 5 nitrogen and oxygen atoms in total. The van der Waals surface area contributed by atoms with Crippen LogP contribution in [0, 0.1) is 0 Å². The molecule has 0 atom stereocenters. The first-order valence-corrected chi connectivity index (χ1v) is 8.17. The van der Waals surface area contributed by atoms with E-state index in [1.165, 1.54) is 0 Å². The van der Waals surface area contributed by atoms with E-state index in [9.17, 15) is 4.79 Å². The molecule has 1 aliphatic heterocycles. The van der Waals surface area contributed by atoms with Gasteiger partial charge in [0.1, 0.15) is 17.1 Å². The van der Waals surface area contributed by atoms with Gasteiger partial charge in [-0.3, -0.25) is 0 Å². The molecule has 1 N–H and O–H groups in total. The number of ether oxygens (including phenoxy) is 1. The van der Waals surface area contributed by atoms with E-state index >= 15 is 0 Å². The summed E-state index contributed by atoms with van der Waals surface area (Å²) in [7, 11) is 0. The molecule has 4 rings (SSSR count). The van der Waals surface area contributed by atoms with Crippen LogP contribution in [0.1, 0.15) is 16.1 Å². The summed E-state index contributed by atoms with van der Waals surface area (Å²) in [5.41, 5.74) is 1.94. The lowest BCUT2D eigenvalue weighted by Gasteiger charge is -2.11. The standard InChI is InChI=1S/C18H10ClN3O2S/c19-11-8-4-5-9-12(11)20-16-13-14(18(25)24-17(13)23)21-15(22-16)10-6-2-1-3-7-10/h1-9H,(H,20,21,22). The SMILES string of the molecule is O=C1OC(=S)c2nc(-c3ccccc3)nc(Nc3ccccc3Cl)c21. The summed E-state index contributed by atoms with van der Waals surface area (Å²) in [5, 5.41) is 3.64. The van der Waals surface area contributed by atoms with Gasteiger partial charge in [0.05, 0.1) is 10.7 Å². The smallest absolute Gasteiger partial charge is 0.350 e. The molecule has 2 aromatic carbocycles. The van der Waals surface area contributed by atoms with Crippen molar-refractivity contribution in [3.8, 4) is 11.4 Å². The fourth-order valence-electron chi connectivity index (χ4n) is 2.48. The molecule has 1 aromatic heterocycles. The number of fused-ring (bicyclic) bond motifs is 1. The Morgan fingerprint density at radius 1 is 1.00 bits per heavy atom. The van der Waals surface area contributed by atoms with E-state index in [0.717, 1.165) is 5.56 Å². The minimum atomic E-state index is -0.575. The van der Waals surface area contributed by atoms with Gasteiger partial charge in [0.15, 0.2) is 5.82 Å². The number of para-hydroxylation sites is 1. The third-order valence-electron chi connectivity index (χ3n) is 3.65. The molecule has 0 amide bonds. The van der Waals surface area contributed by atoms with Crippen LogP contribution in [-0.2, 0) is 4.74 Å². The predicted octanol–water partition coefficient (Wildman–Crippen LogP) is 4.39. The molecule has 0 saturated heterocycles. The van der Waals surface area contributed by atoms with Crippen molar-refractivity contribution >= 4 is 46.3 Å². The molecule has 0 spiro atoms. The highest BCUT2D eigenvalue weighted by Crippen LogP contribution is 2.32. The van der Waals surface area contributed by atoms with Crippen molar-refractivity contribution < 1.29 is 9.53 Å². The number of nitrogens with one attached hydrogen (secondary N) is 1. The van der Waals surface area contributed by atoms with Crippen LogP contribution in [0.3, 0.4) is 0 Å². The molecular weight excluding hydrogens is 358 g/mol. The van der Waals surface area contributed by atoms with Crippen molar-refractivity contribution in [3.05, 3.63) is 70.9 Å². The highest BCUT2D eigenvalue weighted by Gasteiger charge is 2.33. The van der Waals surface area contributed by atoms with Crippen LogP contribution in [0.2, 0.25) is 5.02 Å². The second-order valence-electron chi connectivity index (χ2n) is 5.27. The fourth-order valence-corrected chi connectivity index (χ4v) is 2.89. The molecule has 1 aliphatic rings. The summed E-state index contributed by atoms with van der Waals surface area (Å²) < 4.78 is 5.05.